The first kappa shape index (κ1) is 9.36. The van der Waals surface area contributed by atoms with E-state index in [-0.39, 0.29) is 0 Å². The standard InChI is InChI=1S/C8H6Cl2O2/c1-12-7-4-5(9)2-3-6(7)8(10)11/h2-4H,1H3. The maximum absolute atomic E-state index is 10.8. The lowest BCUT2D eigenvalue weighted by Gasteiger charge is -2.03. The maximum atomic E-state index is 10.8. The summed E-state index contributed by atoms with van der Waals surface area (Å²) in [5.74, 6) is 0.391. The van der Waals surface area contributed by atoms with Crippen LogP contribution in [-0.4, -0.2) is 12.4 Å². The lowest BCUT2D eigenvalue weighted by Crippen LogP contribution is -1.94. The van der Waals surface area contributed by atoms with Crippen molar-refractivity contribution >= 4 is 28.4 Å². The van der Waals surface area contributed by atoms with Crippen LogP contribution in [0.2, 0.25) is 5.02 Å². The van der Waals surface area contributed by atoms with Crippen molar-refractivity contribution in [2.24, 2.45) is 0 Å². The summed E-state index contributed by atoms with van der Waals surface area (Å²) in [6, 6.07) is 4.65. The average molecular weight is 205 g/mol. The Morgan fingerprint density at radius 3 is 2.67 bits per heavy atom. The minimum atomic E-state index is -0.552. The molecule has 0 aromatic heterocycles. The third kappa shape index (κ3) is 1.90. The van der Waals surface area contributed by atoms with Crippen molar-refractivity contribution in [3.63, 3.8) is 0 Å². The molecule has 0 amide bonds. The number of halogens is 2. The van der Waals surface area contributed by atoms with Gasteiger partial charge in [-0.1, -0.05) is 11.6 Å². The van der Waals surface area contributed by atoms with Gasteiger partial charge in [0.05, 0.1) is 12.7 Å². The highest BCUT2D eigenvalue weighted by atomic mass is 35.5. The summed E-state index contributed by atoms with van der Waals surface area (Å²) < 4.78 is 4.90. The molecule has 12 heavy (non-hydrogen) atoms. The maximum Gasteiger partial charge on any atom is 0.256 e. The lowest BCUT2D eigenvalue weighted by molar-refractivity contribution is 0.107. The Kier molecular flexibility index (Phi) is 2.95. The number of hydrogen-bond acceptors (Lipinski definition) is 2. The van der Waals surface area contributed by atoms with Crippen LogP contribution in [0.25, 0.3) is 0 Å². The fourth-order valence-corrected chi connectivity index (χ4v) is 1.15. The Hall–Kier alpha value is -0.730. The van der Waals surface area contributed by atoms with Gasteiger partial charge >= 0.3 is 0 Å². The van der Waals surface area contributed by atoms with Crippen LogP contribution in [0, 0.1) is 0 Å². The predicted molar refractivity (Wildman–Crippen MR) is 48.2 cm³/mol. The van der Waals surface area contributed by atoms with E-state index in [2.05, 4.69) is 0 Å². The lowest BCUT2D eigenvalue weighted by atomic mass is 10.2. The Morgan fingerprint density at radius 1 is 1.50 bits per heavy atom. The normalized spacial score (nSPS) is 9.58. The zero-order chi connectivity index (χ0) is 9.14. The van der Waals surface area contributed by atoms with Gasteiger partial charge in [-0.3, -0.25) is 4.79 Å². The third-order valence-electron chi connectivity index (χ3n) is 1.38. The van der Waals surface area contributed by atoms with Gasteiger partial charge in [0, 0.05) is 5.02 Å². The second-order valence-corrected chi connectivity index (χ2v) is 2.90. The van der Waals surface area contributed by atoms with Gasteiger partial charge in [0.15, 0.2) is 0 Å². The van der Waals surface area contributed by atoms with Gasteiger partial charge in [-0.25, -0.2) is 0 Å². The van der Waals surface area contributed by atoms with E-state index >= 15 is 0 Å². The van der Waals surface area contributed by atoms with Crippen molar-refractivity contribution in [3.05, 3.63) is 28.8 Å². The van der Waals surface area contributed by atoms with Crippen molar-refractivity contribution in [3.8, 4) is 5.75 Å². The molecule has 0 aliphatic heterocycles. The highest BCUT2D eigenvalue weighted by Crippen LogP contribution is 2.24. The molecule has 0 bridgehead atoms. The second kappa shape index (κ2) is 3.78. The molecule has 1 rings (SSSR count). The molecule has 0 atom stereocenters. The van der Waals surface area contributed by atoms with E-state index in [1.165, 1.54) is 19.2 Å². The van der Waals surface area contributed by atoms with Crippen molar-refractivity contribution in [2.75, 3.05) is 7.11 Å². The minimum Gasteiger partial charge on any atom is -0.496 e. The number of rotatable bonds is 2. The Morgan fingerprint density at radius 2 is 2.17 bits per heavy atom. The van der Waals surface area contributed by atoms with Crippen molar-refractivity contribution in [1.29, 1.82) is 0 Å². The predicted octanol–water partition coefficient (Wildman–Crippen LogP) is 2.73. The number of benzene rings is 1. The molecule has 2 nitrogen and oxygen atoms in total. The highest BCUT2D eigenvalue weighted by Gasteiger charge is 2.09. The van der Waals surface area contributed by atoms with E-state index in [1.54, 1.807) is 6.07 Å². The van der Waals surface area contributed by atoms with E-state index in [0.29, 0.717) is 16.3 Å². The average Bonchev–Trinajstić information content (AvgIpc) is 2.03. The zero-order valence-electron chi connectivity index (χ0n) is 6.30. The van der Waals surface area contributed by atoms with Crippen LogP contribution in [0.3, 0.4) is 0 Å². The molecule has 0 saturated carbocycles. The first-order valence-corrected chi connectivity index (χ1v) is 3.94. The molecule has 0 radical (unpaired) electrons. The second-order valence-electron chi connectivity index (χ2n) is 2.12. The van der Waals surface area contributed by atoms with Crippen LogP contribution in [0.4, 0.5) is 0 Å². The van der Waals surface area contributed by atoms with Gasteiger partial charge in [0.1, 0.15) is 5.75 Å². The molecule has 1 aromatic carbocycles. The molecule has 0 fully saturated rings. The molecule has 1 aromatic rings. The van der Waals surface area contributed by atoms with Gasteiger partial charge in [-0.2, -0.15) is 0 Å². The van der Waals surface area contributed by atoms with Crippen molar-refractivity contribution in [1.82, 2.24) is 0 Å². The van der Waals surface area contributed by atoms with Crippen LogP contribution >= 0.6 is 23.2 Å². The number of hydrogen-bond donors (Lipinski definition) is 0. The summed E-state index contributed by atoms with van der Waals surface area (Å²) in [4.78, 5) is 10.8. The first-order chi connectivity index (χ1) is 5.65. The third-order valence-corrected chi connectivity index (χ3v) is 1.81. The largest absolute Gasteiger partial charge is 0.496 e. The van der Waals surface area contributed by atoms with Gasteiger partial charge < -0.3 is 4.74 Å². The van der Waals surface area contributed by atoms with Gasteiger partial charge in [-0.15, -0.1) is 0 Å². The summed E-state index contributed by atoms with van der Waals surface area (Å²) in [6.07, 6.45) is 0. The molecule has 0 heterocycles. The number of carbonyl (C=O) groups excluding carboxylic acids is 1. The molecular formula is C8H6Cl2O2. The quantitative estimate of drug-likeness (QED) is 0.693. The van der Waals surface area contributed by atoms with Gasteiger partial charge in [-0.05, 0) is 29.8 Å². The monoisotopic (exact) mass is 204 g/mol. The molecule has 64 valence electrons. The molecule has 0 N–H and O–H groups in total. The molecule has 0 aliphatic rings. The first-order valence-electron chi connectivity index (χ1n) is 3.18. The fraction of sp³-hybridized carbons (Fsp3) is 0.125. The van der Waals surface area contributed by atoms with Gasteiger partial charge in [0.2, 0.25) is 0 Å². The van der Waals surface area contributed by atoms with Crippen molar-refractivity contribution in [2.45, 2.75) is 0 Å². The smallest absolute Gasteiger partial charge is 0.256 e. The van der Waals surface area contributed by atoms with E-state index in [0.717, 1.165) is 0 Å². The van der Waals surface area contributed by atoms with E-state index < -0.39 is 5.24 Å². The number of carbonyl (C=O) groups is 1. The fourth-order valence-electron chi connectivity index (χ4n) is 0.827. The van der Waals surface area contributed by atoms with Crippen LogP contribution in [0.15, 0.2) is 18.2 Å². The highest BCUT2D eigenvalue weighted by molar-refractivity contribution is 6.68. The Balaban J connectivity index is 3.20. The minimum absolute atomic E-state index is 0.323. The van der Waals surface area contributed by atoms with E-state index in [4.69, 9.17) is 27.9 Å². The SMILES string of the molecule is COc1cc(Cl)ccc1C(=O)Cl. The van der Waals surface area contributed by atoms with Crippen LogP contribution < -0.4 is 4.74 Å². The van der Waals surface area contributed by atoms with Crippen molar-refractivity contribution < 1.29 is 9.53 Å². The van der Waals surface area contributed by atoms with Crippen LogP contribution in [0.5, 0.6) is 5.75 Å². The summed E-state index contributed by atoms with van der Waals surface area (Å²) in [5, 5.41) is -0.0444. The summed E-state index contributed by atoms with van der Waals surface area (Å²) in [6.45, 7) is 0. The Labute approximate surface area is 80.0 Å². The molecule has 0 saturated heterocycles. The molecule has 4 heteroatoms. The molecule has 0 unspecified atom stereocenters. The molecule has 0 aliphatic carbocycles. The summed E-state index contributed by atoms with van der Waals surface area (Å²) in [7, 11) is 1.45. The van der Waals surface area contributed by atoms with Crippen LogP contribution in [0.1, 0.15) is 10.4 Å². The van der Waals surface area contributed by atoms with E-state index in [9.17, 15) is 4.79 Å². The Bertz CT molecular complexity index is 310. The summed E-state index contributed by atoms with van der Waals surface area (Å²) in [5.41, 5.74) is 0.323. The zero-order valence-corrected chi connectivity index (χ0v) is 7.82. The molecular weight excluding hydrogens is 199 g/mol. The summed E-state index contributed by atoms with van der Waals surface area (Å²) >= 11 is 10.9. The van der Waals surface area contributed by atoms with Gasteiger partial charge in [0.25, 0.3) is 5.24 Å². The topological polar surface area (TPSA) is 26.3 Å². The van der Waals surface area contributed by atoms with E-state index in [1.807, 2.05) is 0 Å². The number of ether oxygens (including phenoxy) is 1. The molecule has 0 spiro atoms. The number of methoxy groups -OCH3 is 1. The van der Waals surface area contributed by atoms with Crippen LogP contribution in [-0.2, 0) is 0 Å².